The van der Waals surface area contributed by atoms with Crippen LogP contribution in [0, 0.1) is 12.8 Å². The first-order valence-corrected chi connectivity index (χ1v) is 8.82. The highest BCUT2D eigenvalue weighted by Crippen LogP contribution is 2.36. The van der Waals surface area contributed by atoms with E-state index in [1.807, 2.05) is 38.3 Å². The maximum absolute atomic E-state index is 12.5. The number of rotatable bonds is 5. The van der Waals surface area contributed by atoms with Crippen molar-refractivity contribution in [3.8, 4) is 16.9 Å². The van der Waals surface area contributed by atoms with Gasteiger partial charge in [-0.2, -0.15) is 11.3 Å². The van der Waals surface area contributed by atoms with Crippen molar-refractivity contribution in [2.24, 2.45) is 5.92 Å². The smallest absolute Gasteiger partial charge is 0.230 e. The van der Waals surface area contributed by atoms with E-state index in [9.17, 15) is 9.90 Å². The number of carbonyl (C=O) groups is 1. The first kappa shape index (κ1) is 17.5. The third kappa shape index (κ3) is 3.75. The third-order valence-electron chi connectivity index (χ3n) is 4.10. The van der Waals surface area contributed by atoms with Gasteiger partial charge in [0.25, 0.3) is 0 Å². The van der Waals surface area contributed by atoms with Crippen LogP contribution in [0.5, 0.6) is 5.75 Å². The van der Waals surface area contributed by atoms with E-state index >= 15 is 0 Å². The molecular weight excluding hydrogens is 306 g/mol. The highest BCUT2D eigenvalue weighted by atomic mass is 32.1. The molecule has 0 fully saturated rings. The lowest BCUT2D eigenvalue weighted by Crippen LogP contribution is -2.41. The molecule has 0 saturated carbocycles. The van der Waals surface area contributed by atoms with Gasteiger partial charge in [0.1, 0.15) is 5.75 Å². The Morgan fingerprint density at radius 2 is 1.96 bits per heavy atom. The topological polar surface area (TPSA) is 49.3 Å². The number of amides is 1. The molecule has 2 N–H and O–H groups in total. The van der Waals surface area contributed by atoms with Gasteiger partial charge in [-0.05, 0) is 60.2 Å². The van der Waals surface area contributed by atoms with Crippen molar-refractivity contribution >= 4 is 17.2 Å². The van der Waals surface area contributed by atoms with E-state index in [4.69, 9.17) is 0 Å². The number of aromatic hydroxyl groups is 1. The van der Waals surface area contributed by atoms with Crippen LogP contribution in [-0.4, -0.2) is 17.6 Å². The van der Waals surface area contributed by atoms with Gasteiger partial charge < -0.3 is 10.4 Å². The summed E-state index contributed by atoms with van der Waals surface area (Å²) in [4.78, 5) is 12.5. The van der Waals surface area contributed by atoms with Gasteiger partial charge in [-0.1, -0.05) is 26.0 Å². The molecule has 0 spiro atoms. The lowest BCUT2D eigenvalue weighted by Gasteiger charge is -2.25. The minimum atomic E-state index is -0.686. The average Bonchev–Trinajstić information content (AvgIpc) is 2.90. The number of phenolic OH excluding ortho intramolecular Hbond substituents is 1. The molecule has 0 radical (unpaired) electrons. The molecule has 0 aliphatic carbocycles. The number of aryl methyl sites for hydroxylation is 1. The molecule has 1 heterocycles. The van der Waals surface area contributed by atoms with Crippen LogP contribution >= 0.6 is 11.3 Å². The Morgan fingerprint density at radius 1 is 1.26 bits per heavy atom. The van der Waals surface area contributed by atoms with Crippen LogP contribution in [0.2, 0.25) is 0 Å². The molecule has 0 aliphatic heterocycles. The van der Waals surface area contributed by atoms with E-state index in [-0.39, 0.29) is 11.7 Å². The minimum absolute atomic E-state index is 0.0231. The number of nitrogens with one attached hydrogen (secondary N) is 1. The number of hydrogen-bond donors (Lipinski definition) is 2. The van der Waals surface area contributed by atoms with Gasteiger partial charge in [-0.15, -0.1) is 0 Å². The molecule has 0 unspecified atom stereocenters. The van der Waals surface area contributed by atoms with E-state index in [1.54, 1.807) is 17.4 Å². The van der Waals surface area contributed by atoms with E-state index in [0.29, 0.717) is 12.5 Å². The summed E-state index contributed by atoms with van der Waals surface area (Å²) in [5.41, 5.74) is 3.13. The standard InChI is InChI=1S/C19H25NO2S/c1-12(2)9-20-18(22)19(4,5)14-6-7-15(17(21)8-14)16-11-23-10-13(16)3/h6-8,10-12,21H,9H2,1-5H3,(H,20,22). The lowest BCUT2D eigenvalue weighted by atomic mass is 9.82. The van der Waals surface area contributed by atoms with Crippen molar-refractivity contribution in [3.63, 3.8) is 0 Å². The van der Waals surface area contributed by atoms with Crippen molar-refractivity contribution in [2.75, 3.05) is 6.54 Å². The molecule has 124 valence electrons. The molecule has 2 rings (SSSR count). The van der Waals surface area contributed by atoms with Crippen LogP contribution < -0.4 is 5.32 Å². The molecule has 1 amide bonds. The second-order valence-corrected chi connectivity index (χ2v) is 7.67. The number of phenols is 1. The van der Waals surface area contributed by atoms with Gasteiger partial charge in [0, 0.05) is 12.1 Å². The van der Waals surface area contributed by atoms with Crippen LogP contribution in [0.25, 0.3) is 11.1 Å². The Balaban J connectivity index is 2.29. The SMILES string of the molecule is Cc1cscc1-c1ccc(C(C)(C)C(=O)NCC(C)C)cc1O. The number of thiophene rings is 1. The Morgan fingerprint density at radius 3 is 2.48 bits per heavy atom. The summed E-state index contributed by atoms with van der Waals surface area (Å²) in [6.45, 7) is 10.6. The zero-order valence-electron chi connectivity index (χ0n) is 14.4. The van der Waals surface area contributed by atoms with Crippen LogP contribution in [-0.2, 0) is 10.2 Å². The van der Waals surface area contributed by atoms with Crippen molar-refractivity contribution in [2.45, 2.75) is 40.0 Å². The fraction of sp³-hybridized carbons (Fsp3) is 0.421. The van der Waals surface area contributed by atoms with E-state index < -0.39 is 5.41 Å². The van der Waals surface area contributed by atoms with Crippen molar-refractivity contribution in [3.05, 3.63) is 40.1 Å². The van der Waals surface area contributed by atoms with Crippen LogP contribution in [0.3, 0.4) is 0 Å². The molecule has 0 saturated heterocycles. The molecule has 0 bridgehead atoms. The lowest BCUT2D eigenvalue weighted by molar-refractivity contribution is -0.125. The molecule has 1 aromatic heterocycles. The zero-order chi connectivity index (χ0) is 17.2. The van der Waals surface area contributed by atoms with E-state index in [0.717, 1.165) is 22.3 Å². The van der Waals surface area contributed by atoms with Gasteiger partial charge in [0.15, 0.2) is 0 Å². The van der Waals surface area contributed by atoms with Crippen LogP contribution in [0.1, 0.15) is 38.8 Å². The summed E-state index contributed by atoms with van der Waals surface area (Å²) in [5.74, 6) is 0.603. The third-order valence-corrected chi connectivity index (χ3v) is 4.97. The van der Waals surface area contributed by atoms with Gasteiger partial charge in [0.05, 0.1) is 5.41 Å². The summed E-state index contributed by atoms with van der Waals surface area (Å²) in [6.07, 6.45) is 0. The maximum Gasteiger partial charge on any atom is 0.230 e. The maximum atomic E-state index is 12.5. The zero-order valence-corrected chi connectivity index (χ0v) is 15.3. The fourth-order valence-electron chi connectivity index (χ4n) is 2.43. The predicted octanol–water partition coefficient (Wildman–Crippen LogP) is 4.48. The van der Waals surface area contributed by atoms with Gasteiger partial charge in [-0.25, -0.2) is 0 Å². The molecule has 4 heteroatoms. The quantitative estimate of drug-likeness (QED) is 0.849. The highest BCUT2D eigenvalue weighted by Gasteiger charge is 2.30. The monoisotopic (exact) mass is 331 g/mol. The first-order chi connectivity index (χ1) is 10.7. The largest absolute Gasteiger partial charge is 0.507 e. The molecule has 23 heavy (non-hydrogen) atoms. The summed E-state index contributed by atoms with van der Waals surface area (Å²) >= 11 is 1.62. The van der Waals surface area contributed by atoms with Crippen molar-refractivity contribution < 1.29 is 9.90 Å². The summed E-state index contributed by atoms with van der Waals surface area (Å²) in [6, 6.07) is 5.54. The van der Waals surface area contributed by atoms with Gasteiger partial charge in [-0.3, -0.25) is 4.79 Å². The van der Waals surface area contributed by atoms with Crippen molar-refractivity contribution in [1.82, 2.24) is 5.32 Å². The second-order valence-electron chi connectivity index (χ2n) is 6.93. The Bertz CT molecular complexity index is 701. The summed E-state index contributed by atoms with van der Waals surface area (Å²) < 4.78 is 0. The highest BCUT2D eigenvalue weighted by molar-refractivity contribution is 7.08. The number of hydrogen-bond acceptors (Lipinski definition) is 3. The average molecular weight is 331 g/mol. The molecule has 0 atom stereocenters. The first-order valence-electron chi connectivity index (χ1n) is 7.88. The van der Waals surface area contributed by atoms with Crippen LogP contribution in [0.15, 0.2) is 29.0 Å². The summed E-state index contributed by atoms with van der Waals surface area (Å²) in [5, 5.41) is 17.5. The van der Waals surface area contributed by atoms with Gasteiger partial charge in [0.2, 0.25) is 5.91 Å². The Kier molecular flexibility index (Phi) is 5.15. The summed E-state index contributed by atoms with van der Waals surface area (Å²) in [7, 11) is 0. The number of benzene rings is 1. The van der Waals surface area contributed by atoms with Gasteiger partial charge >= 0.3 is 0 Å². The Hall–Kier alpha value is -1.81. The Labute approximate surface area is 142 Å². The molecule has 3 nitrogen and oxygen atoms in total. The molecule has 1 aromatic carbocycles. The van der Waals surface area contributed by atoms with Crippen LogP contribution in [0.4, 0.5) is 0 Å². The van der Waals surface area contributed by atoms with E-state index in [1.165, 1.54) is 0 Å². The second kappa shape index (κ2) is 6.75. The molecule has 0 aliphatic rings. The minimum Gasteiger partial charge on any atom is -0.507 e. The number of carbonyl (C=O) groups excluding carboxylic acids is 1. The van der Waals surface area contributed by atoms with E-state index in [2.05, 4.69) is 24.5 Å². The van der Waals surface area contributed by atoms with Crippen molar-refractivity contribution in [1.29, 1.82) is 0 Å². The molecule has 2 aromatic rings. The molecular formula is C19H25NO2S. The normalized spacial score (nSPS) is 11.7. The predicted molar refractivity (Wildman–Crippen MR) is 97.0 cm³/mol. The fourth-order valence-corrected chi connectivity index (χ4v) is 3.28.